The Balaban J connectivity index is 1.35. The zero-order chi connectivity index (χ0) is 20.1. The van der Waals surface area contributed by atoms with E-state index in [4.69, 9.17) is 0 Å². The fourth-order valence-corrected chi connectivity index (χ4v) is 4.35. The van der Waals surface area contributed by atoms with E-state index in [1.165, 1.54) is 56.3 Å². The van der Waals surface area contributed by atoms with E-state index < -0.39 is 0 Å². The average Bonchev–Trinajstić information content (AvgIpc) is 3.55. The number of likely N-dealkylation sites (tertiary alicyclic amines) is 1. The third-order valence-electron chi connectivity index (χ3n) is 6.49. The summed E-state index contributed by atoms with van der Waals surface area (Å²) in [7, 11) is 2.22. The van der Waals surface area contributed by atoms with Gasteiger partial charge in [-0.2, -0.15) is 0 Å². The van der Waals surface area contributed by atoms with Gasteiger partial charge in [-0.15, -0.1) is 0 Å². The predicted molar refractivity (Wildman–Crippen MR) is 119 cm³/mol. The van der Waals surface area contributed by atoms with Gasteiger partial charge in [-0.1, -0.05) is 54.6 Å². The Labute approximate surface area is 175 Å². The van der Waals surface area contributed by atoms with Crippen LogP contribution in [0.25, 0.3) is 0 Å². The Morgan fingerprint density at radius 1 is 0.862 bits per heavy atom. The second kappa shape index (κ2) is 9.58. The molecule has 2 aromatic carbocycles. The molecule has 0 spiro atoms. The zero-order valence-corrected chi connectivity index (χ0v) is 17.7. The second-order valence-electron chi connectivity index (χ2n) is 9.15. The third kappa shape index (κ3) is 6.17. The molecule has 1 heterocycles. The van der Waals surface area contributed by atoms with Gasteiger partial charge in [0.05, 0.1) is 6.42 Å². The van der Waals surface area contributed by atoms with Crippen molar-refractivity contribution < 1.29 is 4.79 Å². The second-order valence-corrected chi connectivity index (χ2v) is 9.15. The van der Waals surface area contributed by atoms with Crippen molar-refractivity contribution in [1.82, 2.24) is 9.80 Å². The fourth-order valence-electron chi connectivity index (χ4n) is 4.35. The van der Waals surface area contributed by atoms with Crippen LogP contribution in [0.1, 0.15) is 42.4 Å². The first-order valence-electron chi connectivity index (χ1n) is 11.2. The summed E-state index contributed by atoms with van der Waals surface area (Å²) in [4.78, 5) is 17.5. The summed E-state index contributed by atoms with van der Waals surface area (Å²) in [5.41, 5.74) is 3.79. The van der Waals surface area contributed by atoms with E-state index in [0.29, 0.717) is 12.3 Å². The first-order valence-corrected chi connectivity index (χ1v) is 11.2. The van der Waals surface area contributed by atoms with Gasteiger partial charge in [0.1, 0.15) is 0 Å². The fraction of sp³-hybridized carbons (Fsp3) is 0.500. The predicted octanol–water partition coefficient (Wildman–Crippen LogP) is 4.55. The lowest BCUT2D eigenvalue weighted by atomic mass is 9.90. The van der Waals surface area contributed by atoms with Crippen LogP contribution >= 0.6 is 0 Å². The van der Waals surface area contributed by atoms with E-state index in [1.54, 1.807) is 0 Å². The maximum absolute atomic E-state index is 13.0. The SMILES string of the molecule is CN1CCC(Cc2ccc(CN(CC3CC3)C(=O)Cc3ccccc3)cc2)CC1. The summed E-state index contributed by atoms with van der Waals surface area (Å²) in [6.07, 6.45) is 6.84. The molecular weight excluding hydrogens is 356 g/mol. The van der Waals surface area contributed by atoms with Crippen molar-refractivity contribution in [1.29, 1.82) is 0 Å². The normalized spacial score (nSPS) is 18.0. The number of carbonyl (C=O) groups is 1. The van der Waals surface area contributed by atoms with Gasteiger partial charge < -0.3 is 9.80 Å². The minimum atomic E-state index is 0.249. The van der Waals surface area contributed by atoms with E-state index in [0.717, 1.165) is 24.6 Å². The molecule has 2 fully saturated rings. The monoisotopic (exact) mass is 390 g/mol. The van der Waals surface area contributed by atoms with Crippen molar-refractivity contribution >= 4 is 5.91 Å². The van der Waals surface area contributed by atoms with Gasteiger partial charge >= 0.3 is 0 Å². The van der Waals surface area contributed by atoms with Crippen LogP contribution in [0.2, 0.25) is 0 Å². The van der Waals surface area contributed by atoms with Crippen molar-refractivity contribution in [2.45, 2.75) is 45.1 Å². The molecule has 0 N–H and O–H groups in total. The highest BCUT2D eigenvalue weighted by molar-refractivity contribution is 5.78. The largest absolute Gasteiger partial charge is 0.338 e. The molecular formula is C26H34N2O. The summed E-state index contributed by atoms with van der Waals surface area (Å²) >= 11 is 0. The van der Waals surface area contributed by atoms with Gasteiger partial charge in [-0.25, -0.2) is 0 Å². The molecule has 3 nitrogen and oxygen atoms in total. The Morgan fingerprint density at radius 2 is 1.52 bits per heavy atom. The van der Waals surface area contributed by atoms with Crippen LogP contribution in [0, 0.1) is 11.8 Å². The van der Waals surface area contributed by atoms with E-state index in [-0.39, 0.29) is 5.91 Å². The molecule has 1 saturated carbocycles. The summed E-state index contributed by atoms with van der Waals surface area (Å²) in [6, 6.07) is 19.2. The third-order valence-corrected chi connectivity index (χ3v) is 6.49. The number of amides is 1. The minimum absolute atomic E-state index is 0.249. The summed E-state index contributed by atoms with van der Waals surface area (Å²) in [6.45, 7) is 4.09. The van der Waals surface area contributed by atoms with E-state index >= 15 is 0 Å². The molecule has 0 unspecified atom stereocenters. The lowest BCUT2D eigenvalue weighted by Crippen LogP contribution is -2.33. The Hall–Kier alpha value is -2.13. The van der Waals surface area contributed by atoms with E-state index in [1.807, 2.05) is 30.3 Å². The van der Waals surface area contributed by atoms with E-state index in [9.17, 15) is 4.79 Å². The zero-order valence-electron chi connectivity index (χ0n) is 17.7. The van der Waals surface area contributed by atoms with Crippen molar-refractivity contribution in [3.63, 3.8) is 0 Å². The summed E-state index contributed by atoms with van der Waals surface area (Å²) in [5, 5.41) is 0. The van der Waals surface area contributed by atoms with Crippen molar-refractivity contribution in [2.24, 2.45) is 11.8 Å². The van der Waals surface area contributed by atoms with Gasteiger partial charge in [0.25, 0.3) is 0 Å². The summed E-state index contributed by atoms with van der Waals surface area (Å²) < 4.78 is 0. The van der Waals surface area contributed by atoms with Crippen LogP contribution < -0.4 is 0 Å². The molecule has 0 bridgehead atoms. The van der Waals surface area contributed by atoms with Gasteiger partial charge in [0.15, 0.2) is 0 Å². The molecule has 0 atom stereocenters. The molecule has 29 heavy (non-hydrogen) atoms. The molecule has 0 radical (unpaired) electrons. The van der Waals surface area contributed by atoms with Crippen LogP contribution in [0.3, 0.4) is 0 Å². The molecule has 1 aliphatic heterocycles. The smallest absolute Gasteiger partial charge is 0.227 e. The maximum Gasteiger partial charge on any atom is 0.227 e. The molecule has 2 aromatic rings. The lowest BCUT2D eigenvalue weighted by Gasteiger charge is -2.29. The van der Waals surface area contributed by atoms with Gasteiger partial charge in [0, 0.05) is 13.1 Å². The van der Waals surface area contributed by atoms with Crippen LogP contribution in [-0.4, -0.2) is 42.4 Å². The molecule has 2 aliphatic rings. The molecule has 3 heteroatoms. The number of carbonyl (C=O) groups excluding carboxylic acids is 1. The minimum Gasteiger partial charge on any atom is -0.338 e. The Morgan fingerprint density at radius 3 is 2.17 bits per heavy atom. The van der Waals surface area contributed by atoms with Crippen LogP contribution in [0.5, 0.6) is 0 Å². The molecule has 4 rings (SSSR count). The maximum atomic E-state index is 13.0. The van der Waals surface area contributed by atoms with Gasteiger partial charge in [0.2, 0.25) is 5.91 Å². The number of hydrogen-bond donors (Lipinski definition) is 0. The highest BCUT2D eigenvalue weighted by Gasteiger charge is 2.27. The standard InChI is InChI=1S/C26H34N2O/c1-27-15-13-23(14-16-27)17-22-7-9-24(10-8-22)19-28(20-25-11-12-25)26(29)18-21-5-3-2-4-6-21/h2-10,23,25H,11-20H2,1H3. The molecule has 154 valence electrons. The van der Waals surface area contributed by atoms with Crippen LogP contribution in [-0.2, 0) is 24.2 Å². The number of hydrogen-bond acceptors (Lipinski definition) is 2. The molecule has 0 aromatic heterocycles. The Kier molecular flexibility index (Phi) is 6.66. The van der Waals surface area contributed by atoms with Crippen LogP contribution in [0.4, 0.5) is 0 Å². The van der Waals surface area contributed by atoms with Crippen molar-refractivity contribution in [3.05, 3.63) is 71.3 Å². The topological polar surface area (TPSA) is 23.6 Å². The highest BCUT2D eigenvalue weighted by Crippen LogP contribution is 2.30. The molecule has 1 saturated heterocycles. The number of piperidine rings is 1. The molecule has 1 amide bonds. The number of rotatable bonds is 8. The van der Waals surface area contributed by atoms with Crippen molar-refractivity contribution in [3.8, 4) is 0 Å². The Bertz CT molecular complexity index is 774. The number of benzene rings is 2. The lowest BCUT2D eigenvalue weighted by molar-refractivity contribution is -0.131. The number of nitrogens with zero attached hydrogens (tertiary/aromatic N) is 2. The molecule has 1 aliphatic carbocycles. The average molecular weight is 391 g/mol. The quantitative estimate of drug-likeness (QED) is 0.660. The van der Waals surface area contributed by atoms with Crippen LogP contribution in [0.15, 0.2) is 54.6 Å². The van der Waals surface area contributed by atoms with Crippen molar-refractivity contribution in [2.75, 3.05) is 26.7 Å². The van der Waals surface area contributed by atoms with Gasteiger partial charge in [-0.3, -0.25) is 4.79 Å². The van der Waals surface area contributed by atoms with E-state index in [2.05, 4.69) is 41.1 Å². The first-order chi connectivity index (χ1) is 14.2. The first kappa shape index (κ1) is 20.2. The summed E-state index contributed by atoms with van der Waals surface area (Å²) in [5.74, 6) is 1.77. The van der Waals surface area contributed by atoms with Gasteiger partial charge in [-0.05, 0) is 80.8 Å². The highest BCUT2D eigenvalue weighted by atomic mass is 16.2.